The Hall–Kier alpha value is -2.32. The van der Waals surface area contributed by atoms with Gasteiger partial charge in [0.25, 0.3) is 10.1 Å². The number of ether oxygens (including phenoxy) is 1. The van der Waals surface area contributed by atoms with Gasteiger partial charge >= 0.3 is 0 Å². The molecule has 2 aromatic rings. The van der Waals surface area contributed by atoms with Gasteiger partial charge in [0.05, 0.1) is 17.9 Å². The Morgan fingerprint density at radius 2 is 1.67 bits per heavy atom. The second kappa shape index (κ2) is 7.50. The first-order chi connectivity index (χ1) is 11.3. The largest absolute Gasteiger partial charge is 0.493 e. The number of halogens is 2. The number of hydrogen-bond acceptors (Lipinski definition) is 4. The minimum absolute atomic E-state index is 0.0282. The molecule has 0 aliphatic heterocycles. The molecule has 2 rings (SSSR count). The summed E-state index contributed by atoms with van der Waals surface area (Å²) in [7, 11) is -4.12. The van der Waals surface area contributed by atoms with Crippen molar-refractivity contribution in [1.82, 2.24) is 0 Å². The lowest BCUT2D eigenvalue weighted by atomic mass is 10.0. The fourth-order valence-electron chi connectivity index (χ4n) is 1.98. The lowest BCUT2D eigenvalue weighted by Gasteiger charge is -2.11. The van der Waals surface area contributed by atoms with Crippen LogP contribution >= 0.6 is 0 Å². The average molecular weight is 356 g/mol. The Labute approximate surface area is 137 Å². The summed E-state index contributed by atoms with van der Waals surface area (Å²) in [5.74, 6) is -2.17. The SMILES string of the molecule is O=C(c1ccc(F)cc1)c1ccc(F)cc1OCCCS(=O)(=O)O. The third-order valence-corrected chi connectivity index (χ3v) is 3.90. The zero-order valence-electron chi connectivity index (χ0n) is 12.4. The molecule has 0 spiro atoms. The van der Waals surface area contributed by atoms with E-state index in [2.05, 4.69) is 0 Å². The molecule has 0 heterocycles. The van der Waals surface area contributed by atoms with Gasteiger partial charge in [-0.1, -0.05) is 0 Å². The van der Waals surface area contributed by atoms with E-state index < -0.39 is 33.3 Å². The molecule has 1 N–H and O–H groups in total. The van der Waals surface area contributed by atoms with Crippen LogP contribution in [-0.4, -0.2) is 31.1 Å². The topological polar surface area (TPSA) is 80.7 Å². The minimum atomic E-state index is -4.12. The summed E-state index contributed by atoms with van der Waals surface area (Å²) in [4.78, 5) is 12.4. The number of rotatable bonds is 7. The van der Waals surface area contributed by atoms with E-state index in [-0.39, 0.29) is 29.9 Å². The fourth-order valence-corrected chi connectivity index (χ4v) is 2.47. The second-order valence-corrected chi connectivity index (χ2v) is 6.54. The maximum Gasteiger partial charge on any atom is 0.264 e. The predicted molar refractivity (Wildman–Crippen MR) is 82.8 cm³/mol. The van der Waals surface area contributed by atoms with Gasteiger partial charge in [-0.05, 0) is 42.8 Å². The normalized spacial score (nSPS) is 11.3. The summed E-state index contributed by atoms with van der Waals surface area (Å²) in [6.45, 7) is -0.132. The van der Waals surface area contributed by atoms with Crippen molar-refractivity contribution < 1.29 is 31.3 Å². The molecule has 0 bridgehead atoms. The lowest BCUT2D eigenvalue weighted by Crippen LogP contribution is -2.11. The Morgan fingerprint density at radius 1 is 1.04 bits per heavy atom. The highest BCUT2D eigenvalue weighted by Crippen LogP contribution is 2.23. The van der Waals surface area contributed by atoms with Crippen LogP contribution in [0.1, 0.15) is 22.3 Å². The highest BCUT2D eigenvalue weighted by molar-refractivity contribution is 7.85. The van der Waals surface area contributed by atoms with Gasteiger partial charge in [-0.25, -0.2) is 8.78 Å². The lowest BCUT2D eigenvalue weighted by molar-refractivity contribution is 0.103. The van der Waals surface area contributed by atoms with Crippen molar-refractivity contribution in [3.05, 3.63) is 65.2 Å². The van der Waals surface area contributed by atoms with Crippen molar-refractivity contribution in [1.29, 1.82) is 0 Å². The van der Waals surface area contributed by atoms with Gasteiger partial charge in [0, 0.05) is 11.6 Å². The van der Waals surface area contributed by atoms with Gasteiger partial charge in [-0.3, -0.25) is 9.35 Å². The highest BCUT2D eigenvalue weighted by Gasteiger charge is 2.16. The summed E-state index contributed by atoms with van der Waals surface area (Å²) >= 11 is 0. The van der Waals surface area contributed by atoms with Crippen molar-refractivity contribution >= 4 is 15.9 Å². The van der Waals surface area contributed by atoms with Crippen LogP contribution in [0.5, 0.6) is 5.75 Å². The highest BCUT2D eigenvalue weighted by atomic mass is 32.2. The smallest absolute Gasteiger partial charge is 0.264 e. The van der Waals surface area contributed by atoms with E-state index in [1.165, 1.54) is 18.2 Å². The van der Waals surface area contributed by atoms with Crippen molar-refractivity contribution in [2.75, 3.05) is 12.4 Å². The predicted octanol–water partition coefficient (Wildman–Crippen LogP) is 2.85. The van der Waals surface area contributed by atoms with Crippen molar-refractivity contribution in [3.63, 3.8) is 0 Å². The quantitative estimate of drug-likeness (QED) is 0.469. The Balaban J connectivity index is 2.17. The van der Waals surface area contributed by atoms with Crippen LogP contribution in [-0.2, 0) is 10.1 Å². The Bertz CT molecular complexity index is 832. The molecule has 5 nitrogen and oxygen atoms in total. The standard InChI is InChI=1S/C16H14F2O5S/c17-12-4-2-11(3-5-12)16(19)14-7-6-13(18)10-15(14)23-8-1-9-24(20,21)22/h2-7,10H,1,8-9H2,(H,20,21,22). The van der Waals surface area contributed by atoms with Crippen molar-refractivity contribution in [2.24, 2.45) is 0 Å². The number of benzene rings is 2. The maximum atomic E-state index is 13.4. The molecule has 0 radical (unpaired) electrons. The van der Waals surface area contributed by atoms with E-state index in [4.69, 9.17) is 9.29 Å². The molecule has 2 aromatic carbocycles. The van der Waals surface area contributed by atoms with Crippen LogP contribution < -0.4 is 4.74 Å². The van der Waals surface area contributed by atoms with E-state index in [0.717, 1.165) is 24.3 Å². The molecule has 0 unspecified atom stereocenters. The summed E-state index contributed by atoms with van der Waals surface area (Å²) in [6, 6.07) is 8.17. The summed E-state index contributed by atoms with van der Waals surface area (Å²) < 4.78 is 61.5. The zero-order valence-corrected chi connectivity index (χ0v) is 13.2. The van der Waals surface area contributed by atoms with Gasteiger partial charge in [0.15, 0.2) is 5.78 Å². The molecule has 0 aromatic heterocycles. The molecule has 0 fully saturated rings. The molecule has 0 saturated carbocycles. The van der Waals surface area contributed by atoms with E-state index >= 15 is 0 Å². The van der Waals surface area contributed by atoms with Gasteiger partial charge in [-0.15, -0.1) is 0 Å². The first-order valence-electron chi connectivity index (χ1n) is 6.94. The van der Waals surface area contributed by atoms with Crippen LogP contribution in [0.15, 0.2) is 42.5 Å². The molecule has 0 aliphatic carbocycles. The number of carbonyl (C=O) groups excluding carboxylic acids is 1. The third kappa shape index (κ3) is 5.10. The zero-order chi connectivity index (χ0) is 17.7. The summed E-state index contributed by atoms with van der Waals surface area (Å²) in [5, 5.41) is 0. The van der Waals surface area contributed by atoms with E-state index in [1.807, 2.05) is 0 Å². The summed E-state index contributed by atoms with van der Waals surface area (Å²) in [6.07, 6.45) is -0.0282. The molecule has 24 heavy (non-hydrogen) atoms. The van der Waals surface area contributed by atoms with E-state index in [9.17, 15) is 22.0 Å². The molecular formula is C16H14F2O5S. The maximum absolute atomic E-state index is 13.4. The van der Waals surface area contributed by atoms with Gasteiger partial charge in [-0.2, -0.15) is 8.42 Å². The molecule has 0 aliphatic rings. The van der Waals surface area contributed by atoms with E-state index in [1.54, 1.807) is 0 Å². The first-order valence-corrected chi connectivity index (χ1v) is 8.55. The monoisotopic (exact) mass is 356 g/mol. The fraction of sp³-hybridized carbons (Fsp3) is 0.188. The number of carbonyl (C=O) groups is 1. The van der Waals surface area contributed by atoms with Crippen LogP contribution in [0.25, 0.3) is 0 Å². The molecule has 128 valence electrons. The van der Waals surface area contributed by atoms with Crippen LogP contribution in [0.2, 0.25) is 0 Å². The third-order valence-electron chi connectivity index (χ3n) is 3.10. The van der Waals surface area contributed by atoms with E-state index in [0.29, 0.717) is 0 Å². The van der Waals surface area contributed by atoms with Crippen molar-refractivity contribution in [3.8, 4) is 5.75 Å². The van der Waals surface area contributed by atoms with Gasteiger partial charge in [0.2, 0.25) is 0 Å². The van der Waals surface area contributed by atoms with Gasteiger partial charge < -0.3 is 4.74 Å². The Kier molecular flexibility index (Phi) is 5.63. The minimum Gasteiger partial charge on any atom is -0.493 e. The molecule has 0 amide bonds. The van der Waals surface area contributed by atoms with Crippen LogP contribution in [0.3, 0.4) is 0 Å². The van der Waals surface area contributed by atoms with Gasteiger partial charge in [0.1, 0.15) is 17.4 Å². The average Bonchev–Trinajstić information content (AvgIpc) is 2.51. The van der Waals surface area contributed by atoms with Crippen LogP contribution in [0, 0.1) is 11.6 Å². The second-order valence-electron chi connectivity index (χ2n) is 4.96. The molecule has 0 saturated heterocycles. The molecular weight excluding hydrogens is 342 g/mol. The number of hydrogen-bond donors (Lipinski definition) is 1. The summed E-state index contributed by atoms with van der Waals surface area (Å²) in [5.41, 5.74) is 0.264. The number of ketones is 1. The molecule has 0 atom stereocenters. The van der Waals surface area contributed by atoms with Crippen molar-refractivity contribution in [2.45, 2.75) is 6.42 Å². The first kappa shape index (κ1) is 18.0. The van der Waals surface area contributed by atoms with Crippen LogP contribution in [0.4, 0.5) is 8.78 Å². The Morgan fingerprint density at radius 3 is 2.29 bits per heavy atom. The molecule has 8 heteroatoms.